The van der Waals surface area contributed by atoms with E-state index in [0.29, 0.717) is 31.2 Å². The van der Waals surface area contributed by atoms with Crippen LogP contribution < -0.4 is 5.32 Å². The van der Waals surface area contributed by atoms with Crippen LogP contribution in [0, 0.1) is 5.82 Å². The second-order valence-electron chi connectivity index (χ2n) is 8.84. The molecule has 0 unspecified atom stereocenters. The Hall–Kier alpha value is -2.53. The fourth-order valence-electron chi connectivity index (χ4n) is 4.83. The number of amides is 2. The lowest BCUT2D eigenvalue weighted by Gasteiger charge is -2.72. The highest BCUT2D eigenvalue weighted by atomic mass is 19.4. The summed E-state index contributed by atoms with van der Waals surface area (Å²) >= 11 is 0. The van der Waals surface area contributed by atoms with Gasteiger partial charge in [0.1, 0.15) is 12.4 Å². The summed E-state index contributed by atoms with van der Waals surface area (Å²) in [4.78, 5) is 37.5. The van der Waals surface area contributed by atoms with Crippen molar-refractivity contribution in [1.82, 2.24) is 10.2 Å². The van der Waals surface area contributed by atoms with Crippen LogP contribution in [0.4, 0.5) is 17.6 Å². The molecule has 0 atom stereocenters. The van der Waals surface area contributed by atoms with Crippen molar-refractivity contribution in [2.45, 2.75) is 61.8 Å². The molecule has 32 heavy (non-hydrogen) atoms. The Balaban J connectivity index is 1.18. The monoisotopic (exact) mass is 458 g/mol. The maximum Gasteiger partial charge on any atom is 0.522 e. The summed E-state index contributed by atoms with van der Waals surface area (Å²) in [5.41, 5.74) is -0.631. The van der Waals surface area contributed by atoms with E-state index < -0.39 is 35.5 Å². The molecule has 0 aliphatic heterocycles. The van der Waals surface area contributed by atoms with Crippen molar-refractivity contribution in [3.05, 3.63) is 35.6 Å². The quantitative estimate of drug-likeness (QED) is 0.331. The molecule has 2 bridgehead atoms. The van der Waals surface area contributed by atoms with Gasteiger partial charge in [-0.05, 0) is 43.5 Å². The normalized spacial score (nSPS) is 30.4. The molecule has 4 saturated carbocycles. The van der Waals surface area contributed by atoms with Crippen molar-refractivity contribution in [2.75, 3.05) is 13.2 Å². The molecule has 1 aromatic carbocycles. The third-order valence-electron chi connectivity index (χ3n) is 6.43. The van der Waals surface area contributed by atoms with E-state index in [1.807, 2.05) is 0 Å². The van der Waals surface area contributed by atoms with Gasteiger partial charge in [0.15, 0.2) is 5.78 Å². The molecule has 1 aromatic rings. The van der Waals surface area contributed by atoms with E-state index in [9.17, 15) is 31.9 Å². The highest BCUT2D eigenvalue weighted by Gasteiger charge is 2.71. The van der Waals surface area contributed by atoms with Crippen molar-refractivity contribution in [3.8, 4) is 0 Å². The Morgan fingerprint density at radius 2 is 1.75 bits per heavy atom. The Labute approximate surface area is 181 Å². The highest BCUT2D eigenvalue weighted by molar-refractivity contribution is 5.98. The lowest BCUT2D eigenvalue weighted by atomic mass is 9.43. The molecular formula is C21H22F4N2O5. The third kappa shape index (κ3) is 4.63. The number of carbonyl (C=O) groups is 3. The Kier molecular flexibility index (Phi) is 5.74. The molecule has 4 aliphatic rings. The number of halogens is 4. The molecule has 4 fully saturated rings. The number of benzene rings is 1. The van der Waals surface area contributed by atoms with Gasteiger partial charge >= 0.3 is 6.36 Å². The van der Waals surface area contributed by atoms with Gasteiger partial charge in [0, 0.05) is 29.5 Å². The van der Waals surface area contributed by atoms with Gasteiger partial charge in [0.05, 0.1) is 18.8 Å². The molecular weight excluding hydrogens is 436 g/mol. The second kappa shape index (κ2) is 8.11. The number of ether oxygens (including phenoxy) is 2. The predicted molar refractivity (Wildman–Crippen MR) is 101 cm³/mol. The standard InChI is InChI=1S/C21H22F4N2O5/c22-14-3-1-13(2-4-14)17(29)7-27(12-28)20-9-19(10-20,11-20)26-18(30)8-31-15-5-16(6-15)32-21(23,24)25/h1-4,12,15-16H,5-11H2,(H,26,30). The minimum atomic E-state index is -4.67. The molecule has 11 heteroatoms. The average Bonchev–Trinajstić information content (AvgIpc) is 2.63. The minimum Gasteiger partial charge on any atom is -0.368 e. The van der Waals surface area contributed by atoms with Crippen LogP contribution in [0.3, 0.4) is 0 Å². The maximum absolute atomic E-state index is 13.0. The van der Waals surface area contributed by atoms with Crippen LogP contribution in [0.15, 0.2) is 24.3 Å². The van der Waals surface area contributed by atoms with E-state index in [1.165, 1.54) is 29.2 Å². The number of Topliss-reactive ketones (excluding diaryl/α,β-unsaturated/α-hetero) is 1. The van der Waals surface area contributed by atoms with Crippen LogP contribution in [0.1, 0.15) is 42.5 Å². The number of nitrogens with zero attached hydrogens (tertiary/aromatic N) is 1. The number of carbonyl (C=O) groups excluding carboxylic acids is 3. The van der Waals surface area contributed by atoms with Crippen molar-refractivity contribution in [3.63, 3.8) is 0 Å². The van der Waals surface area contributed by atoms with Crippen LogP contribution in [0.25, 0.3) is 0 Å². The highest BCUT2D eigenvalue weighted by Crippen LogP contribution is 2.63. The zero-order valence-corrected chi connectivity index (χ0v) is 17.0. The number of rotatable bonds is 10. The summed E-state index contributed by atoms with van der Waals surface area (Å²) in [7, 11) is 0. The maximum atomic E-state index is 13.0. The van der Waals surface area contributed by atoms with Gasteiger partial charge in [-0.15, -0.1) is 13.2 Å². The SMILES string of the molecule is O=CN(CC(=O)c1ccc(F)cc1)C12CC(NC(=O)COC3CC(OC(F)(F)F)C3)(C1)C2. The second-order valence-corrected chi connectivity index (χ2v) is 8.84. The van der Waals surface area contributed by atoms with Gasteiger partial charge in [-0.25, -0.2) is 4.39 Å². The van der Waals surface area contributed by atoms with Gasteiger partial charge in [-0.1, -0.05) is 0 Å². The van der Waals surface area contributed by atoms with Crippen molar-refractivity contribution in [2.24, 2.45) is 0 Å². The zero-order valence-electron chi connectivity index (χ0n) is 17.0. The smallest absolute Gasteiger partial charge is 0.368 e. The van der Waals surface area contributed by atoms with E-state index in [-0.39, 0.29) is 37.7 Å². The molecule has 5 rings (SSSR count). The summed E-state index contributed by atoms with van der Waals surface area (Å²) in [5, 5.41) is 2.86. The Morgan fingerprint density at radius 1 is 1.12 bits per heavy atom. The number of hydrogen-bond donors (Lipinski definition) is 1. The van der Waals surface area contributed by atoms with Gasteiger partial charge in [0.2, 0.25) is 12.3 Å². The largest absolute Gasteiger partial charge is 0.522 e. The zero-order chi connectivity index (χ0) is 23.1. The first-order valence-electron chi connectivity index (χ1n) is 10.2. The first-order chi connectivity index (χ1) is 15.0. The average molecular weight is 458 g/mol. The topological polar surface area (TPSA) is 84.9 Å². The van der Waals surface area contributed by atoms with Crippen LogP contribution >= 0.6 is 0 Å². The first-order valence-corrected chi connectivity index (χ1v) is 10.2. The van der Waals surface area contributed by atoms with Gasteiger partial charge in [-0.2, -0.15) is 0 Å². The van der Waals surface area contributed by atoms with Crippen LogP contribution in [-0.4, -0.2) is 65.8 Å². The number of hydrogen-bond acceptors (Lipinski definition) is 5. The Bertz CT molecular complexity index is 879. The van der Waals surface area contributed by atoms with Gasteiger partial charge in [0.25, 0.3) is 0 Å². The fraction of sp³-hybridized carbons (Fsp3) is 0.571. The summed E-state index contributed by atoms with van der Waals surface area (Å²) in [5.74, 6) is -1.14. The minimum absolute atomic E-state index is 0.0808. The molecule has 4 aliphatic carbocycles. The van der Waals surface area contributed by atoms with Crippen molar-refractivity contribution < 1.29 is 41.4 Å². The Morgan fingerprint density at radius 3 is 2.31 bits per heavy atom. The van der Waals surface area contributed by atoms with Crippen molar-refractivity contribution >= 4 is 18.1 Å². The first kappa shape index (κ1) is 22.7. The molecule has 0 aromatic heterocycles. The number of alkyl halides is 3. The molecule has 2 amide bonds. The molecule has 0 spiro atoms. The van der Waals surface area contributed by atoms with Crippen LogP contribution in [-0.2, 0) is 19.1 Å². The van der Waals surface area contributed by atoms with Gasteiger partial charge < -0.3 is 15.0 Å². The number of ketones is 1. The van der Waals surface area contributed by atoms with Crippen molar-refractivity contribution in [1.29, 1.82) is 0 Å². The van der Waals surface area contributed by atoms with E-state index in [2.05, 4.69) is 10.1 Å². The summed E-state index contributed by atoms with van der Waals surface area (Å²) in [6, 6.07) is 5.09. The molecule has 0 saturated heterocycles. The molecule has 7 nitrogen and oxygen atoms in total. The molecule has 174 valence electrons. The molecule has 1 N–H and O–H groups in total. The van der Waals surface area contributed by atoms with E-state index >= 15 is 0 Å². The summed E-state index contributed by atoms with van der Waals surface area (Å²) < 4.78 is 58.5. The van der Waals surface area contributed by atoms with E-state index in [1.54, 1.807) is 0 Å². The summed E-state index contributed by atoms with van der Waals surface area (Å²) in [6.07, 6.45) is -3.76. The van der Waals surface area contributed by atoms with Gasteiger partial charge in [-0.3, -0.25) is 19.1 Å². The lowest BCUT2D eigenvalue weighted by molar-refractivity contribution is -0.357. The van der Waals surface area contributed by atoms with Crippen LogP contribution in [0.5, 0.6) is 0 Å². The van der Waals surface area contributed by atoms with Crippen LogP contribution in [0.2, 0.25) is 0 Å². The summed E-state index contributed by atoms with van der Waals surface area (Å²) in [6.45, 7) is -0.399. The predicted octanol–water partition coefficient (Wildman–Crippen LogP) is 2.34. The fourth-order valence-corrected chi connectivity index (χ4v) is 4.83. The third-order valence-corrected chi connectivity index (χ3v) is 6.43. The molecule has 0 heterocycles. The molecule has 0 radical (unpaired) electrons. The van der Waals surface area contributed by atoms with E-state index in [4.69, 9.17) is 4.74 Å². The lowest BCUT2D eigenvalue weighted by Crippen LogP contribution is -2.84. The number of nitrogens with one attached hydrogen (secondary N) is 1. The van der Waals surface area contributed by atoms with E-state index in [0.717, 1.165) is 0 Å².